The van der Waals surface area contributed by atoms with Crippen LogP contribution in [0.2, 0.25) is 0 Å². The lowest BCUT2D eigenvalue weighted by Crippen LogP contribution is -2.08. The number of nitrogens with zero attached hydrogens (tertiary/aromatic N) is 1. The fourth-order valence-corrected chi connectivity index (χ4v) is 2.74. The predicted molar refractivity (Wildman–Crippen MR) is 81.8 cm³/mol. The van der Waals surface area contributed by atoms with Crippen molar-refractivity contribution in [1.82, 2.24) is 0 Å². The van der Waals surface area contributed by atoms with Crippen molar-refractivity contribution in [1.29, 1.82) is 0 Å². The van der Waals surface area contributed by atoms with Gasteiger partial charge in [-0.2, -0.15) is 0 Å². The zero-order valence-corrected chi connectivity index (χ0v) is 12.9. The summed E-state index contributed by atoms with van der Waals surface area (Å²) in [5.41, 5.74) is 0.0322. The molecule has 0 aliphatic rings. The third kappa shape index (κ3) is 4.13. The van der Waals surface area contributed by atoms with E-state index in [1.807, 2.05) is 6.07 Å². The Morgan fingerprint density at radius 2 is 1.83 bits per heavy atom. The summed E-state index contributed by atoms with van der Waals surface area (Å²) in [5.74, 6) is -0.767. The van der Waals surface area contributed by atoms with Crippen molar-refractivity contribution in [3.63, 3.8) is 0 Å². The molecule has 0 bridgehead atoms. The minimum Gasteiger partial charge on any atom is -0.457 e. The fourth-order valence-electron chi connectivity index (χ4n) is 1.91. The first-order chi connectivity index (χ1) is 10.8. The normalized spacial score (nSPS) is 11.0. The highest BCUT2D eigenvalue weighted by Gasteiger charge is 2.24. The lowest BCUT2D eigenvalue weighted by atomic mass is 10.2. The number of benzene rings is 2. The van der Waals surface area contributed by atoms with E-state index >= 15 is 0 Å². The van der Waals surface area contributed by atoms with Gasteiger partial charge in [-0.1, -0.05) is 30.3 Å². The van der Waals surface area contributed by atoms with Crippen LogP contribution < -0.4 is 0 Å². The summed E-state index contributed by atoms with van der Waals surface area (Å²) in [4.78, 5) is 21.7. The second-order valence-electron chi connectivity index (χ2n) is 4.77. The van der Waals surface area contributed by atoms with Crippen LogP contribution in [0.5, 0.6) is 0 Å². The molecule has 0 fully saturated rings. The summed E-state index contributed by atoms with van der Waals surface area (Å²) in [5, 5.41) is 11.0. The minimum atomic E-state index is -3.77. The van der Waals surface area contributed by atoms with Crippen LogP contribution in [0.4, 0.5) is 5.69 Å². The van der Waals surface area contributed by atoms with Crippen LogP contribution >= 0.6 is 0 Å². The zero-order valence-electron chi connectivity index (χ0n) is 12.1. The van der Waals surface area contributed by atoms with Crippen molar-refractivity contribution in [3.8, 4) is 0 Å². The van der Waals surface area contributed by atoms with Gasteiger partial charge in [0.1, 0.15) is 11.5 Å². The molecule has 0 radical (unpaired) electrons. The average molecular weight is 335 g/mol. The Balaban J connectivity index is 2.24. The molecule has 2 aromatic carbocycles. The number of nitro benzene ring substituents is 1. The second-order valence-corrected chi connectivity index (χ2v) is 6.76. The first kappa shape index (κ1) is 16.6. The largest absolute Gasteiger partial charge is 0.457 e. The molecule has 0 heterocycles. The molecule has 23 heavy (non-hydrogen) atoms. The maximum absolute atomic E-state index is 12.0. The Bertz CT molecular complexity index is 846. The van der Waals surface area contributed by atoms with Gasteiger partial charge in [-0.15, -0.1) is 0 Å². The van der Waals surface area contributed by atoms with E-state index in [0.29, 0.717) is 0 Å². The van der Waals surface area contributed by atoms with E-state index in [2.05, 4.69) is 0 Å². The van der Waals surface area contributed by atoms with E-state index in [0.717, 1.165) is 24.0 Å². The first-order valence-corrected chi connectivity index (χ1v) is 8.38. The van der Waals surface area contributed by atoms with Crippen molar-refractivity contribution in [3.05, 3.63) is 69.8 Å². The molecule has 7 nitrogen and oxygen atoms in total. The molecular formula is C15H13NO6S. The monoisotopic (exact) mass is 335 g/mol. The van der Waals surface area contributed by atoms with Gasteiger partial charge in [-0.25, -0.2) is 13.2 Å². The highest BCUT2D eigenvalue weighted by Crippen LogP contribution is 2.25. The predicted octanol–water partition coefficient (Wildman–Crippen LogP) is 2.36. The van der Waals surface area contributed by atoms with Crippen LogP contribution in [-0.2, 0) is 21.2 Å². The van der Waals surface area contributed by atoms with Gasteiger partial charge >= 0.3 is 5.97 Å². The Morgan fingerprint density at radius 3 is 2.39 bits per heavy atom. The van der Waals surface area contributed by atoms with E-state index in [9.17, 15) is 23.3 Å². The molecule has 2 rings (SSSR count). The van der Waals surface area contributed by atoms with Crippen LogP contribution in [-0.4, -0.2) is 25.6 Å². The number of carbonyl (C=O) groups is 1. The van der Waals surface area contributed by atoms with E-state index in [4.69, 9.17) is 4.74 Å². The van der Waals surface area contributed by atoms with E-state index in [-0.39, 0.29) is 12.2 Å². The lowest BCUT2D eigenvalue weighted by Gasteiger charge is -2.06. The fraction of sp³-hybridized carbons (Fsp3) is 0.133. The molecule has 0 aliphatic heterocycles. The second kappa shape index (κ2) is 6.57. The van der Waals surface area contributed by atoms with Gasteiger partial charge in [-0.3, -0.25) is 10.1 Å². The quantitative estimate of drug-likeness (QED) is 0.472. The van der Waals surface area contributed by atoms with Gasteiger partial charge in [0.2, 0.25) is 0 Å². The van der Waals surface area contributed by atoms with Crippen LogP contribution in [0.15, 0.2) is 53.4 Å². The molecule has 0 saturated heterocycles. The van der Waals surface area contributed by atoms with E-state index in [1.165, 1.54) is 6.07 Å². The van der Waals surface area contributed by atoms with Crippen LogP contribution in [0.3, 0.4) is 0 Å². The van der Waals surface area contributed by atoms with Gasteiger partial charge in [-0.05, 0) is 17.7 Å². The number of hydrogen-bond donors (Lipinski definition) is 0. The average Bonchev–Trinajstić information content (AvgIpc) is 2.52. The summed E-state index contributed by atoms with van der Waals surface area (Å²) in [7, 11) is -3.77. The highest BCUT2D eigenvalue weighted by atomic mass is 32.2. The summed E-state index contributed by atoms with van der Waals surface area (Å²) < 4.78 is 28.1. The van der Waals surface area contributed by atoms with Crippen molar-refractivity contribution in [2.75, 3.05) is 6.26 Å². The van der Waals surface area contributed by atoms with E-state index in [1.54, 1.807) is 24.3 Å². The van der Waals surface area contributed by atoms with Crippen molar-refractivity contribution < 1.29 is 22.9 Å². The molecule has 8 heteroatoms. The number of esters is 1. The van der Waals surface area contributed by atoms with Gasteiger partial charge in [0.15, 0.2) is 9.84 Å². The van der Waals surface area contributed by atoms with Crippen molar-refractivity contribution >= 4 is 21.5 Å². The van der Waals surface area contributed by atoms with Crippen molar-refractivity contribution in [2.24, 2.45) is 0 Å². The Hall–Kier alpha value is -2.74. The summed E-state index contributed by atoms with van der Waals surface area (Å²) in [6.07, 6.45) is 0.864. The maximum Gasteiger partial charge on any atom is 0.338 e. The molecule has 0 unspecified atom stereocenters. The number of nitro groups is 1. The molecule has 0 aliphatic carbocycles. The number of sulfone groups is 1. The zero-order chi connectivity index (χ0) is 17.0. The van der Waals surface area contributed by atoms with Crippen molar-refractivity contribution in [2.45, 2.75) is 11.5 Å². The Labute approximate surface area is 132 Å². The molecule has 120 valence electrons. The van der Waals surface area contributed by atoms with Crippen LogP contribution in [0.25, 0.3) is 0 Å². The number of ether oxygens (including phenoxy) is 1. The molecular weight excluding hydrogens is 322 g/mol. The maximum atomic E-state index is 12.0. The smallest absolute Gasteiger partial charge is 0.338 e. The summed E-state index contributed by atoms with van der Waals surface area (Å²) in [6.45, 7) is 0.0152. The lowest BCUT2D eigenvalue weighted by molar-refractivity contribution is -0.387. The summed E-state index contributed by atoms with van der Waals surface area (Å²) >= 11 is 0. The van der Waals surface area contributed by atoms with Gasteiger partial charge in [0, 0.05) is 12.3 Å². The standard InChI is InChI=1S/C15H13NO6S/c1-23(20,21)14-8-7-12(9-13(14)16(18)19)15(17)22-10-11-5-3-2-4-6-11/h2-9H,10H2,1H3. The molecule has 0 N–H and O–H groups in total. The third-order valence-electron chi connectivity index (χ3n) is 3.00. The SMILES string of the molecule is CS(=O)(=O)c1ccc(C(=O)OCc2ccccc2)cc1[N+](=O)[O-]. The topological polar surface area (TPSA) is 104 Å². The van der Waals surface area contributed by atoms with Gasteiger partial charge in [0.05, 0.1) is 10.5 Å². The molecule has 0 saturated carbocycles. The molecule has 0 aromatic heterocycles. The number of hydrogen-bond acceptors (Lipinski definition) is 6. The summed E-state index contributed by atoms with van der Waals surface area (Å²) in [6, 6.07) is 12.1. The first-order valence-electron chi connectivity index (χ1n) is 6.48. The van der Waals surface area contributed by atoms with E-state index < -0.39 is 31.3 Å². The van der Waals surface area contributed by atoms with Gasteiger partial charge < -0.3 is 4.74 Å². The van der Waals surface area contributed by atoms with Crippen LogP contribution in [0, 0.1) is 10.1 Å². The molecule has 0 atom stereocenters. The number of rotatable bonds is 5. The minimum absolute atomic E-state index is 0.0152. The molecule has 0 spiro atoms. The van der Waals surface area contributed by atoms with Gasteiger partial charge in [0.25, 0.3) is 5.69 Å². The highest BCUT2D eigenvalue weighted by molar-refractivity contribution is 7.90. The molecule has 2 aromatic rings. The third-order valence-corrected chi connectivity index (χ3v) is 4.15. The number of carbonyl (C=O) groups excluding carboxylic acids is 1. The Morgan fingerprint density at radius 1 is 1.17 bits per heavy atom. The van der Waals surface area contributed by atoms with Crippen LogP contribution in [0.1, 0.15) is 15.9 Å². The Kier molecular flexibility index (Phi) is 4.75. The molecule has 0 amide bonds.